The Balaban J connectivity index is 1.85. The van der Waals surface area contributed by atoms with Gasteiger partial charge in [-0.15, -0.1) is 0 Å². The molecule has 0 saturated carbocycles. The van der Waals surface area contributed by atoms with Gasteiger partial charge in [0.25, 0.3) is 0 Å². The lowest BCUT2D eigenvalue weighted by atomic mass is 10.1. The van der Waals surface area contributed by atoms with E-state index in [1.807, 2.05) is 31.2 Å². The summed E-state index contributed by atoms with van der Waals surface area (Å²) in [6.45, 7) is 2.50. The number of carbonyl (C=O) groups excluding carboxylic acids is 1. The van der Waals surface area contributed by atoms with Gasteiger partial charge in [-0.2, -0.15) is 0 Å². The van der Waals surface area contributed by atoms with Crippen molar-refractivity contribution < 1.29 is 19.8 Å². The summed E-state index contributed by atoms with van der Waals surface area (Å²) in [4.78, 5) is 24.2. The third kappa shape index (κ3) is 3.95. The number of β-amino-alcohol motifs (C(OH)–C–C–N with tert-alkyl or cyclic N) is 1. The fourth-order valence-electron chi connectivity index (χ4n) is 2.56. The quantitative estimate of drug-likeness (QED) is 0.764. The molecule has 0 radical (unpaired) electrons. The summed E-state index contributed by atoms with van der Waals surface area (Å²) >= 11 is 0. The average molecular weight is 292 g/mol. The van der Waals surface area contributed by atoms with E-state index >= 15 is 0 Å². The summed E-state index contributed by atoms with van der Waals surface area (Å²) in [6, 6.07) is 6.62. The molecule has 1 aromatic rings. The number of carbonyl (C=O) groups is 2. The predicted octanol–water partition coefficient (Wildman–Crippen LogP) is 0.767. The molecule has 1 saturated heterocycles. The van der Waals surface area contributed by atoms with E-state index in [4.69, 9.17) is 5.11 Å². The minimum absolute atomic E-state index is 0.0627. The number of aryl methyl sites for hydroxylation is 1. The van der Waals surface area contributed by atoms with Crippen molar-refractivity contribution >= 4 is 12.0 Å². The van der Waals surface area contributed by atoms with Crippen molar-refractivity contribution in [1.82, 2.24) is 10.2 Å². The number of rotatable bonds is 4. The number of urea groups is 1. The molecule has 2 amide bonds. The number of aliphatic carboxylic acids is 1. The number of aliphatic hydroxyl groups is 1. The van der Waals surface area contributed by atoms with Crippen molar-refractivity contribution in [2.24, 2.45) is 0 Å². The Morgan fingerprint density at radius 2 is 2.19 bits per heavy atom. The number of hydrogen-bond donors (Lipinski definition) is 3. The van der Waals surface area contributed by atoms with Gasteiger partial charge in [-0.3, -0.25) is 0 Å². The SMILES string of the molecule is Cc1cccc(CCNC(=O)N2C[C@@H](O)C[C@H]2C(=O)O)c1. The molecular formula is C15H20N2O4. The van der Waals surface area contributed by atoms with Crippen molar-refractivity contribution in [2.75, 3.05) is 13.1 Å². The molecule has 1 fully saturated rings. The molecule has 1 aliphatic heterocycles. The Morgan fingerprint density at radius 1 is 1.43 bits per heavy atom. The molecule has 3 N–H and O–H groups in total. The molecule has 6 nitrogen and oxygen atoms in total. The maximum absolute atomic E-state index is 12.0. The van der Waals surface area contributed by atoms with E-state index < -0.39 is 24.1 Å². The zero-order chi connectivity index (χ0) is 15.4. The van der Waals surface area contributed by atoms with Crippen molar-refractivity contribution in [2.45, 2.75) is 31.9 Å². The molecular weight excluding hydrogens is 272 g/mol. The Morgan fingerprint density at radius 3 is 2.86 bits per heavy atom. The van der Waals surface area contributed by atoms with Crippen LogP contribution in [0.3, 0.4) is 0 Å². The van der Waals surface area contributed by atoms with Crippen LogP contribution in [0.2, 0.25) is 0 Å². The second-order valence-corrected chi connectivity index (χ2v) is 5.37. The number of nitrogens with zero attached hydrogens (tertiary/aromatic N) is 1. The molecule has 0 aromatic heterocycles. The van der Waals surface area contributed by atoms with E-state index in [9.17, 15) is 14.7 Å². The van der Waals surface area contributed by atoms with Gasteiger partial charge in [0, 0.05) is 19.5 Å². The van der Waals surface area contributed by atoms with Gasteiger partial charge < -0.3 is 20.4 Å². The zero-order valence-corrected chi connectivity index (χ0v) is 12.0. The molecule has 114 valence electrons. The Hall–Kier alpha value is -2.08. The summed E-state index contributed by atoms with van der Waals surface area (Å²) in [7, 11) is 0. The maximum atomic E-state index is 12.0. The van der Waals surface area contributed by atoms with Crippen LogP contribution < -0.4 is 5.32 Å². The summed E-state index contributed by atoms with van der Waals surface area (Å²) < 4.78 is 0. The normalized spacial score (nSPS) is 21.3. The van der Waals surface area contributed by atoms with Crippen LogP contribution in [0.15, 0.2) is 24.3 Å². The van der Waals surface area contributed by atoms with E-state index in [1.165, 1.54) is 4.90 Å². The topological polar surface area (TPSA) is 89.9 Å². The molecule has 6 heteroatoms. The lowest BCUT2D eigenvalue weighted by Gasteiger charge is -2.21. The van der Waals surface area contributed by atoms with Crippen molar-refractivity contribution in [1.29, 1.82) is 0 Å². The highest BCUT2D eigenvalue weighted by Crippen LogP contribution is 2.18. The number of carboxylic acids is 1. The lowest BCUT2D eigenvalue weighted by molar-refractivity contribution is -0.141. The molecule has 1 aliphatic rings. The molecule has 2 rings (SSSR count). The van der Waals surface area contributed by atoms with E-state index in [0.717, 1.165) is 11.1 Å². The first-order chi connectivity index (χ1) is 9.97. The van der Waals surface area contributed by atoms with Crippen LogP contribution in [0.25, 0.3) is 0 Å². The maximum Gasteiger partial charge on any atom is 0.326 e. The van der Waals surface area contributed by atoms with Gasteiger partial charge in [0.05, 0.1) is 6.10 Å². The Labute approximate surface area is 123 Å². The minimum atomic E-state index is -1.08. The molecule has 2 atom stereocenters. The van der Waals surface area contributed by atoms with Gasteiger partial charge in [0.15, 0.2) is 0 Å². The van der Waals surface area contributed by atoms with E-state index in [0.29, 0.717) is 13.0 Å². The summed E-state index contributed by atoms with van der Waals surface area (Å²) in [5.41, 5.74) is 2.28. The first-order valence-corrected chi connectivity index (χ1v) is 6.98. The second-order valence-electron chi connectivity index (χ2n) is 5.37. The summed E-state index contributed by atoms with van der Waals surface area (Å²) in [5, 5.41) is 21.3. The third-order valence-electron chi connectivity index (χ3n) is 3.60. The summed E-state index contributed by atoms with van der Waals surface area (Å²) in [5.74, 6) is -1.08. The first-order valence-electron chi connectivity index (χ1n) is 6.98. The highest BCUT2D eigenvalue weighted by Gasteiger charge is 2.38. The van der Waals surface area contributed by atoms with Crippen LogP contribution in [-0.4, -0.2) is 52.3 Å². The molecule has 21 heavy (non-hydrogen) atoms. The van der Waals surface area contributed by atoms with Crippen LogP contribution in [0.5, 0.6) is 0 Å². The van der Waals surface area contributed by atoms with Gasteiger partial charge in [-0.25, -0.2) is 9.59 Å². The molecule has 0 aliphatic carbocycles. The van der Waals surface area contributed by atoms with Crippen LogP contribution in [0.1, 0.15) is 17.5 Å². The highest BCUT2D eigenvalue weighted by molar-refractivity contribution is 5.83. The van der Waals surface area contributed by atoms with Crippen LogP contribution in [0.4, 0.5) is 4.79 Å². The van der Waals surface area contributed by atoms with Crippen molar-refractivity contribution in [3.05, 3.63) is 35.4 Å². The largest absolute Gasteiger partial charge is 0.480 e. The Bertz CT molecular complexity index is 532. The van der Waals surface area contributed by atoms with E-state index in [2.05, 4.69) is 5.32 Å². The van der Waals surface area contributed by atoms with Gasteiger partial charge >= 0.3 is 12.0 Å². The van der Waals surface area contributed by atoms with Crippen LogP contribution in [-0.2, 0) is 11.2 Å². The summed E-state index contributed by atoms with van der Waals surface area (Å²) in [6.07, 6.45) is -0.00374. The highest BCUT2D eigenvalue weighted by atomic mass is 16.4. The molecule has 0 unspecified atom stereocenters. The predicted molar refractivity (Wildman–Crippen MR) is 77.0 cm³/mol. The zero-order valence-electron chi connectivity index (χ0n) is 12.0. The van der Waals surface area contributed by atoms with E-state index in [1.54, 1.807) is 0 Å². The second kappa shape index (κ2) is 6.58. The average Bonchev–Trinajstić information content (AvgIpc) is 2.81. The first kappa shape index (κ1) is 15.3. The molecule has 0 spiro atoms. The van der Waals surface area contributed by atoms with Crippen molar-refractivity contribution in [3.8, 4) is 0 Å². The van der Waals surface area contributed by atoms with Crippen LogP contribution in [0, 0.1) is 6.92 Å². The number of nitrogens with one attached hydrogen (secondary N) is 1. The Kier molecular flexibility index (Phi) is 4.80. The van der Waals surface area contributed by atoms with Gasteiger partial charge in [-0.05, 0) is 18.9 Å². The number of carboxylic acid groups (broad SMARTS) is 1. The fourth-order valence-corrected chi connectivity index (χ4v) is 2.56. The van der Waals surface area contributed by atoms with Gasteiger partial charge in [0.2, 0.25) is 0 Å². The van der Waals surface area contributed by atoms with Gasteiger partial charge in [-0.1, -0.05) is 29.8 Å². The minimum Gasteiger partial charge on any atom is -0.480 e. The van der Waals surface area contributed by atoms with Crippen molar-refractivity contribution in [3.63, 3.8) is 0 Å². The fraction of sp³-hybridized carbons (Fsp3) is 0.467. The number of hydrogen-bond acceptors (Lipinski definition) is 3. The molecule has 1 heterocycles. The lowest BCUT2D eigenvalue weighted by Crippen LogP contribution is -2.46. The molecule has 1 aromatic carbocycles. The molecule has 0 bridgehead atoms. The number of aliphatic hydroxyl groups excluding tert-OH is 1. The van der Waals surface area contributed by atoms with E-state index in [-0.39, 0.29) is 13.0 Å². The number of amides is 2. The standard InChI is InChI=1S/C15H20N2O4/c1-10-3-2-4-11(7-10)5-6-16-15(21)17-9-12(18)8-13(17)14(19)20/h2-4,7,12-13,18H,5-6,8-9H2,1H3,(H,16,21)(H,19,20)/t12-,13-/m0/s1. The van der Waals surface area contributed by atoms with Crippen LogP contribution >= 0.6 is 0 Å². The third-order valence-corrected chi connectivity index (χ3v) is 3.60. The number of likely N-dealkylation sites (tertiary alicyclic amines) is 1. The number of benzene rings is 1. The van der Waals surface area contributed by atoms with Gasteiger partial charge in [0.1, 0.15) is 6.04 Å². The smallest absolute Gasteiger partial charge is 0.326 e. The monoisotopic (exact) mass is 292 g/mol.